The van der Waals surface area contributed by atoms with Crippen LogP contribution >= 0.6 is 0 Å². The lowest BCUT2D eigenvalue weighted by Crippen LogP contribution is -2.52. The molecule has 8 aliphatic carbocycles. The van der Waals surface area contributed by atoms with E-state index in [1.54, 1.807) is 0 Å². The van der Waals surface area contributed by atoms with Crippen LogP contribution in [0.3, 0.4) is 0 Å². The second-order valence-electron chi connectivity index (χ2n) is 22.0. The first kappa shape index (κ1) is 37.3. The van der Waals surface area contributed by atoms with Crippen LogP contribution in [0.5, 0.6) is 0 Å². The molecule has 2 nitrogen and oxygen atoms in total. The predicted octanol–water partition coefficient (Wildman–Crippen LogP) is 12.5. The summed E-state index contributed by atoms with van der Waals surface area (Å²) in [5, 5.41) is 7.79. The summed E-state index contributed by atoms with van der Waals surface area (Å²) in [7, 11) is 0. The average molecular weight is 699 g/mol. The van der Waals surface area contributed by atoms with Gasteiger partial charge in [-0.2, -0.15) is 0 Å². The van der Waals surface area contributed by atoms with Gasteiger partial charge in [-0.1, -0.05) is 78.7 Å². The third-order valence-corrected chi connectivity index (χ3v) is 19.8. The van der Waals surface area contributed by atoms with Crippen molar-refractivity contribution >= 4 is 0 Å². The van der Waals surface area contributed by atoms with E-state index in [0.717, 1.165) is 71.3 Å². The molecule has 6 saturated carbocycles. The molecule has 2 N–H and O–H groups in total. The van der Waals surface area contributed by atoms with Crippen LogP contribution in [-0.2, 0) is 0 Å². The molecule has 0 heterocycles. The van der Waals surface area contributed by atoms with Crippen LogP contribution in [0.15, 0.2) is 23.3 Å². The smallest absolute Gasteiger partial charge is 0.0105 e. The Bertz CT molecular complexity index is 1210. The molecule has 0 bridgehead atoms. The molecule has 2 heteroatoms. The summed E-state index contributed by atoms with van der Waals surface area (Å²) in [6.45, 7) is 23.5. The van der Waals surface area contributed by atoms with Crippen molar-refractivity contribution in [3.8, 4) is 0 Å². The van der Waals surface area contributed by atoms with Crippen molar-refractivity contribution < 1.29 is 0 Å². The highest BCUT2D eigenvalue weighted by Crippen LogP contribution is 2.70. The maximum atomic E-state index is 3.89. The molecule has 6 fully saturated rings. The molecule has 0 radical (unpaired) electrons. The Balaban J connectivity index is 0.912. The van der Waals surface area contributed by atoms with Gasteiger partial charge in [-0.3, -0.25) is 0 Å². The van der Waals surface area contributed by atoms with Crippen LogP contribution in [0.4, 0.5) is 0 Å². The Morgan fingerprint density at radius 1 is 0.569 bits per heavy atom. The molecule has 51 heavy (non-hydrogen) atoms. The molecule has 0 spiro atoms. The molecule has 0 aromatic rings. The topological polar surface area (TPSA) is 24.1 Å². The Labute approximate surface area is 316 Å². The van der Waals surface area contributed by atoms with Crippen molar-refractivity contribution in [1.82, 2.24) is 10.6 Å². The number of rotatable bonds is 10. The molecular weight excluding hydrogens is 617 g/mol. The van der Waals surface area contributed by atoms with Gasteiger partial charge in [-0.25, -0.2) is 0 Å². The Kier molecular flexibility index (Phi) is 10.4. The molecular formula is C49H82N2. The van der Waals surface area contributed by atoms with Crippen LogP contribution in [0.25, 0.3) is 0 Å². The van der Waals surface area contributed by atoms with Gasteiger partial charge in [0.15, 0.2) is 0 Å². The van der Waals surface area contributed by atoms with E-state index < -0.39 is 0 Å². The zero-order chi connectivity index (χ0) is 35.8. The van der Waals surface area contributed by atoms with Crippen LogP contribution in [0.2, 0.25) is 0 Å². The van der Waals surface area contributed by atoms with Crippen LogP contribution < -0.4 is 10.6 Å². The molecule has 8 unspecified atom stereocenters. The number of allylic oxidation sites excluding steroid dienone is 2. The molecule has 8 aliphatic rings. The highest BCUT2D eigenvalue weighted by molar-refractivity contribution is 5.27. The zero-order valence-electron chi connectivity index (χ0n) is 34.9. The Hall–Kier alpha value is -0.600. The van der Waals surface area contributed by atoms with Gasteiger partial charge < -0.3 is 10.6 Å². The van der Waals surface area contributed by atoms with Gasteiger partial charge in [0.2, 0.25) is 0 Å². The van der Waals surface area contributed by atoms with Crippen molar-refractivity contribution in [2.24, 2.45) is 80.8 Å². The lowest BCUT2D eigenvalue weighted by atomic mass is 9.46. The molecule has 0 saturated heterocycles. The summed E-state index contributed by atoms with van der Waals surface area (Å²) >= 11 is 0. The van der Waals surface area contributed by atoms with Crippen molar-refractivity contribution in [2.75, 3.05) is 13.1 Å². The second kappa shape index (κ2) is 14.2. The summed E-state index contributed by atoms with van der Waals surface area (Å²) in [5.41, 5.74) is 5.83. The van der Waals surface area contributed by atoms with E-state index in [1.807, 2.05) is 11.1 Å². The summed E-state index contributed by atoms with van der Waals surface area (Å²) in [6.07, 6.45) is 32.8. The lowest BCUT2D eigenvalue weighted by molar-refractivity contribution is -0.0608. The monoisotopic (exact) mass is 699 g/mol. The highest BCUT2D eigenvalue weighted by atomic mass is 14.9. The summed E-state index contributed by atoms with van der Waals surface area (Å²) in [4.78, 5) is 0. The van der Waals surface area contributed by atoms with Gasteiger partial charge in [-0.15, -0.1) is 0 Å². The molecule has 0 aliphatic heterocycles. The number of nitrogens with one attached hydrogen (secondary N) is 2. The molecule has 288 valence electrons. The normalized spacial score (nSPS) is 50.0. The van der Waals surface area contributed by atoms with E-state index in [4.69, 9.17) is 0 Å². The van der Waals surface area contributed by atoms with Crippen LogP contribution in [-0.4, -0.2) is 25.2 Å². The predicted molar refractivity (Wildman–Crippen MR) is 217 cm³/mol. The SMILES string of the molecule is CCCN[C@H]1CCC2(C)C(=CC[C@@H]3C2CCC2(C)C([C@H](C)C[C@H](C)C4CC[C@H]5[C@@H]6CC=C7C[C@@H](NCCC)CCC7(C)C6CCC45C)CC[C@@H]32)C1. The fraction of sp³-hybridized carbons (Fsp3) is 0.918. The van der Waals surface area contributed by atoms with E-state index in [1.165, 1.54) is 135 Å². The van der Waals surface area contributed by atoms with Crippen LogP contribution in [0, 0.1) is 80.8 Å². The Morgan fingerprint density at radius 3 is 1.41 bits per heavy atom. The van der Waals surface area contributed by atoms with Gasteiger partial charge in [0.1, 0.15) is 0 Å². The first-order valence-corrected chi connectivity index (χ1v) is 23.3. The fourth-order valence-corrected chi connectivity index (χ4v) is 17.2. The lowest BCUT2D eigenvalue weighted by Gasteiger charge is -2.59. The molecule has 0 amide bonds. The summed E-state index contributed by atoms with van der Waals surface area (Å²) in [5.74, 6) is 9.39. The average Bonchev–Trinajstić information content (AvgIpc) is 3.66. The van der Waals surface area contributed by atoms with E-state index in [9.17, 15) is 0 Å². The van der Waals surface area contributed by atoms with Gasteiger partial charge in [-0.05, 0) is 216 Å². The van der Waals surface area contributed by atoms with Crippen molar-refractivity contribution in [3.05, 3.63) is 23.3 Å². The van der Waals surface area contributed by atoms with Crippen molar-refractivity contribution in [2.45, 2.75) is 189 Å². The van der Waals surface area contributed by atoms with Gasteiger partial charge in [0, 0.05) is 12.1 Å². The number of fused-ring (bicyclic) bond motifs is 10. The highest BCUT2D eigenvalue weighted by Gasteiger charge is 2.61. The maximum absolute atomic E-state index is 3.89. The van der Waals surface area contributed by atoms with E-state index in [2.05, 4.69) is 78.2 Å². The van der Waals surface area contributed by atoms with E-state index in [0.29, 0.717) is 21.7 Å². The van der Waals surface area contributed by atoms with E-state index in [-0.39, 0.29) is 0 Å². The van der Waals surface area contributed by atoms with Crippen molar-refractivity contribution in [3.63, 3.8) is 0 Å². The first-order valence-electron chi connectivity index (χ1n) is 23.3. The second-order valence-corrected chi connectivity index (χ2v) is 22.0. The maximum Gasteiger partial charge on any atom is 0.0105 e. The molecule has 0 aromatic heterocycles. The minimum atomic E-state index is 0.485. The van der Waals surface area contributed by atoms with Gasteiger partial charge >= 0.3 is 0 Å². The van der Waals surface area contributed by atoms with Crippen LogP contribution in [0.1, 0.15) is 177 Å². The largest absolute Gasteiger partial charge is 0.314 e. The minimum absolute atomic E-state index is 0.485. The first-order chi connectivity index (χ1) is 24.5. The molecule has 0 aromatic carbocycles. The summed E-state index contributed by atoms with van der Waals surface area (Å²) < 4.78 is 0. The van der Waals surface area contributed by atoms with Gasteiger partial charge in [0.05, 0.1) is 0 Å². The molecule has 16 atom stereocenters. The quantitative estimate of drug-likeness (QED) is 0.222. The minimum Gasteiger partial charge on any atom is -0.314 e. The Morgan fingerprint density at radius 2 is 1.00 bits per heavy atom. The third kappa shape index (κ3) is 6.05. The van der Waals surface area contributed by atoms with Gasteiger partial charge in [0.25, 0.3) is 0 Å². The summed E-state index contributed by atoms with van der Waals surface area (Å²) in [6, 6.07) is 1.46. The van der Waals surface area contributed by atoms with E-state index >= 15 is 0 Å². The fourth-order valence-electron chi connectivity index (χ4n) is 17.2. The van der Waals surface area contributed by atoms with Crippen molar-refractivity contribution in [1.29, 1.82) is 0 Å². The molecule has 8 rings (SSSR count). The number of hydrogen-bond donors (Lipinski definition) is 2. The number of hydrogen-bond acceptors (Lipinski definition) is 2. The standard InChI is InChI=1S/C49H82N2/c1-9-27-50-36-19-23-46(5)34(30-36)11-13-38-42-17-15-40(48(42,7)25-21-44(38)46)32(3)29-33(4)41-16-18-43-39-14-12-35-31-37(51-28-10-2)20-24-47(35,6)45(39)22-26-49(41,43)8/h11-12,32-33,36-45,50-51H,9-10,13-31H2,1-8H3/t32-,33+,36-,37-,38-,39-,40?,41?,42-,43-,44?,45?,46?,47?,48?,49?/m0/s1. The third-order valence-electron chi connectivity index (χ3n) is 19.8. The zero-order valence-corrected chi connectivity index (χ0v) is 34.9.